The van der Waals surface area contributed by atoms with Crippen molar-refractivity contribution < 1.29 is 19.1 Å². The zero-order valence-corrected chi connectivity index (χ0v) is 21.5. The van der Waals surface area contributed by atoms with E-state index >= 15 is 0 Å². The minimum atomic E-state index is -0.228. The Kier molecular flexibility index (Phi) is 7.15. The van der Waals surface area contributed by atoms with E-state index in [0.717, 1.165) is 22.6 Å². The number of methoxy groups -OCH3 is 2. The van der Waals surface area contributed by atoms with Gasteiger partial charge in [0.25, 0.3) is 11.8 Å². The van der Waals surface area contributed by atoms with Gasteiger partial charge in [-0.2, -0.15) is 9.98 Å². The van der Waals surface area contributed by atoms with E-state index in [1.54, 1.807) is 14.2 Å². The lowest BCUT2D eigenvalue weighted by Gasteiger charge is -2.35. The normalized spacial score (nSPS) is 20.3. The molecular weight excluding hydrogens is 496 g/mol. The number of amidine groups is 2. The van der Waals surface area contributed by atoms with Gasteiger partial charge in [0, 0.05) is 26.2 Å². The number of benzene rings is 2. The third-order valence-corrected chi connectivity index (χ3v) is 7.91. The van der Waals surface area contributed by atoms with Crippen molar-refractivity contribution in [2.75, 3.05) is 40.4 Å². The molecule has 0 aliphatic carbocycles. The summed E-state index contributed by atoms with van der Waals surface area (Å²) in [4.78, 5) is 39.0. The molecular formula is C26H24N4O4S2. The quantitative estimate of drug-likeness (QED) is 0.561. The second-order valence-electron chi connectivity index (χ2n) is 8.15. The van der Waals surface area contributed by atoms with Crippen LogP contribution in [0.15, 0.2) is 68.3 Å². The summed E-state index contributed by atoms with van der Waals surface area (Å²) in [7, 11) is 3.23. The van der Waals surface area contributed by atoms with Crippen LogP contribution < -0.4 is 9.47 Å². The van der Waals surface area contributed by atoms with Gasteiger partial charge in [-0.05, 0) is 71.1 Å². The van der Waals surface area contributed by atoms with Gasteiger partial charge in [-0.25, -0.2) is 0 Å². The number of nitrogens with zero attached hydrogens (tertiary/aromatic N) is 4. The predicted molar refractivity (Wildman–Crippen MR) is 145 cm³/mol. The molecule has 5 rings (SSSR count). The van der Waals surface area contributed by atoms with E-state index in [0.29, 0.717) is 46.3 Å². The lowest BCUT2D eigenvalue weighted by molar-refractivity contribution is -0.114. The van der Waals surface area contributed by atoms with Gasteiger partial charge in [0.1, 0.15) is 11.5 Å². The summed E-state index contributed by atoms with van der Waals surface area (Å²) < 4.78 is 10.5. The molecule has 0 aromatic heterocycles. The smallest absolute Gasteiger partial charge is 0.286 e. The SMILES string of the molecule is COc1cccc(/C=C2\SC(N3CCN(C4=NC(=O)/C(=C/c5cccc(OC)c5)S4)CC3)=NC2=O)c1. The van der Waals surface area contributed by atoms with Crippen LogP contribution in [0.4, 0.5) is 0 Å². The first kappa shape index (κ1) is 24.2. The molecule has 0 unspecified atom stereocenters. The largest absolute Gasteiger partial charge is 0.497 e. The van der Waals surface area contributed by atoms with Crippen molar-refractivity contribution in [3.8, 4) is 11.5 Å². The number of hydrogen-bond donors (Lipinski definition) is 0. The first-order valence-corrected chi connectivity index (χ1v) is 13.0. The number of thioether (sulfide) groups is 2. The Hall–Kier alpha value is -3.50. The van der Waals surface area contributed by atoms with Gasteiger partial charge < -0.3 is 19.3 Å². The molecule has 3 aliphatic heterocycles. The highest BCUT2D eigenvalue weighted by Crippen LogP contribution is 2.33. The third-order valence-electron chi connectivity index (χ3n) is 5.82. The summed E-state index contributed by atoms with van der Waals surface area (Å²) in [6.45, 7) is 2.75. The molecule has 2 aromatic rings. The second kappa shape index (κ2) is 10.6. The van der Waals surface area contributed by atoms with Gasteiger partial charge in [-0.15, -0.1) is 0 Å². The molecule has 8 nitrogen and oxygen atoms in total. The van der Waals surface area contributed by atoms with Crippen LogP contribution in [-0.2, 0) is 9.59 Å². The molecule has 3 aliphatic rings. The molecule has 3 heterocycles. The summed E-state index contributed by atoms with van der Waals surface area (Å²) in [5.41, 5.74) is 1.79. The van der Waals surface area contributed by atoms with E-state index in [-0.39, 0.29) is 11.8 Å². The number of aliphatic imine (C=N–C) groups is 2. The van der Waals surface area contributed by atoms with Crippen molar-refractivity contribution in [3.05, 3.63) is 69.5 Å². The average Bonchev–Trinajstić information content (AvgIpc) is 3.46. The van der Waals surface area contributed by atoms with Gasteiger partial charge in [-0.1, -0.05) is 24.3 Å². The van der Waals surface area contributed by atoms with E-state index in [4.69, 9.17) is 9.47 Å². The molecule has 0 radical (unpaired) electrons. The van der Waals surface area contributed by atoms with Crippen LogP contribution in [0, 0.1) is 0 Å². The molecule has 1 fully saturated rings. The van der Waals surface area contributed by atoms with Crippen LogP contribution >= 0.6 is 23.5 Å². The lowest BCUT2D eigenvalue weighted by atomic mass is 10.2. The maximum absolute atomic E-state index is 12.5. The molecule has 0 N–H and O–H groups in total. The van der Waals surface area contributed by atoms with Crippen molar-refractivity contribution in [1.82, 2.24) is 9.80 Å². The van der Waals surface area contributed by atoms with Gasteiger partial charge in [0.05, 0.1) is 24.0 Å². The molecule has 0 bridgehead atoms. The Morgan fingerprint density at radius 1 is 0.722 bits per heavy atom. The zero-order valence-electron chi connectivity index (χ0n) is 19.8. The molecule has 2 aromatic carbocycles. The van der Waals surface area contributed by atoms with Crippen LogP contribution in [0.1, 0.15) is 11.1 Å². The Bertz CT molecular complexity index is 1230. The number of hydrogen-bond acceptors (Lipinski definition) is 8. The third kappa shape index (κ3) is 5.34. The van der Waals surface area contributed by atoms with Crippen LogP contribution in [0.25, 0.3) is 12.2 Å². The lowest BCUT2D eigenvalue weighted by Crippen LogP contribution is -2.49. The number of carbonyl (C=O) groups is 2. The summed E-state index contributed by atoms with van der Waals surface area (Å²) in [6, 6.07) is 15.1. The maximum atomic E-state index is 12.5. The van der Waals surface area contributed by atoms with Gasteiger partial charge in [0.2, 0.25) is 0 Å². The van der Waals surface area contributed by atoms with E-state index in [9.17, 15) is 9.59 Å². The molecule has 184 valence electrons. The van der Waals surface area contributed by atoms with Crippen LogP contribution in [0.3, 0.4) is 0 Å². The van der Waals surface area contributed by atoms with Crippen LogP contribution in [0.2, 0.25) is 0 Å². The van der Waals surface area contributed by atoms with Crippen LogP contribution in [0.5, 0.6) is 11.5 Å². The molecule has 2 amide bonds. The van der Waals surface area contributed by atoms with Crippen molar-refractivity contribution in [3.63, 3.8) is 0 Å². The summed E-state index contributed by atoms with van der Waals surface area (Å²) in [5, 5.41) is 1.42. The highest BCUT2D eigenvalue weighted by molar-refractivity contribution is 8.18. The van der Waals surface area contributed by atoms with E-state index < -0.39 is 0 Å². The Balaban J connectivity index is 1.19. The Labute approximate surface area is 217 Å². The average molecular weight is 521 g/mol. The predicted octanol–water partition coefficient (Wildman–Crippen LogP) is 3.96. The second-order valence-corrected chi connectivity index (χ2v) is 10.2. The number of rotatable bonds is 4. The molecule has 0 atom stereocenters. The van der Waals surface area contributed by atoms with Gasteiger partial charge in [-0.3, -0.25) is 9.59 Å². The summed E-state index contributed by atoms with van der Waals surface area (Å²) >= 11 is 2.78. The molecule has 36 heavy (non-hydrogen) atoms. The highest BCUT2D eigenvalue weighted by atomic mass is 32.2. The van der Waals surface area contributed by atoms with Crippen molar-refractivity contribution in [1.29, 1.82) is 0 Å². The summed E-state index contributed by atoms with van der Waals surface area (Å²) in [5.74, 6) is 1.03. The zero-order chi connectivity index (χ0) is 25.1. The topological polar surface area (TPSA) is 83.8 Å². The first-order chi connectivity index (χ1) is 17.5. The molecule has 0 saturated carbocycles. The number of carbonyl (C=O) groups excluding carboxylic acids is 2. The van der Waals surface area contributed by atoms with E-state index in [1.807, 2.05) is 60.7 Å². The number of amides is 2. The monoisotopic (exact) mass is 520 g/mol. The van der Waals surface area contributed by atoms with E-state index in [2.05, 4.69) is 19.8 Å². The van der Waals surface area contributed by atoms with E-state index in [1.165, 1.54) is 23.5 Å². The fourth-order valence-electron chi connectivity index (χ4n) is 3.92. The Morgan fingerprint density at radius 2 is 1.14 bits per heavy atom. The fraction of sp³-hybridized carbons (Fsp3) is 0.231. The fourth-order valence-corrected chi connectivity index (χ4v) is 5.85. The maximum Gasteiger partial charge on any atom is 0.286 e. The van der Waals surface area contributed by atoms with Crippen LogP contribution in [-0.4, -0.2) is 72.3 Å². The first-order valence-electron chi connectivity index (χ1n) is 11.4. The number of piperazine rings is 1. The summed E-state index contributed by atoms with van der Waals surface area (Å²) in [6.07, 6.45) is 3.68. The minimum Gasteiger partial charge on any atom is -0.497 e. The standard InChI is InChI=1S/C26H24N4O4S2/c1-33-19-7-3-5-17(13-19)15-21-23(31)27-25(35-21)29-9-11-30(12-10-29)26-28-24(32)22(36-26)16-18-6-4-8-20(14-18)34-2/h3-8,13-16H,9-12H2,1-2H3/b21-15-,22-16-. The highest BCUT2D eigenvalue weighted by Gasteiger charge is 2.32. The minimum absolute atomic E-state index is 0.228. The van der Waals surface area contributed by atoms with Crippen molar-refractivity contribution in [2.24, 2.45) is 9.98 Å². The molecule has 1 saturated heterocycles. The van der Waals surface area contributed by atoms with Gasteiger partial charge in [0.15, 0.2) is 10.3 Å². The van der Waals surface area contributed by atoms with Gasteiger partial charge >= 0.3 is 0 Å². The number of ether oxygens (including phenoxy) is 2. The van der Waals surface area contributed by atoms with Crippen molar-refractivity contribution >= 4 is 57.8 Å². The molecule has 10 heteroatoms. The molecule has 0 spiro atoms. The Morgan fingerprint density at radius 3 is 1.53 bits per heavy atom. The van der Waals surface area contributed by atoms with Crippen molar-refractivity contribution in [2.45, 2.75) is 0 Å².